The lowest BCUT2D eigenvalue weighted by atomic mass is 10.0. The van der Waals surface area contributed by atoms with E-state index in [1.165, 1.54) is 15.5 Å². The van der Waals surface area contributed by atoms with Crippen LogP contribution in [0.3, 0.4) is 0 Å². The van der Waals surface area contributed by atoms with E-state index < -0.39 is 6.08 Å². The number of hydrogen-bond acceptors (Lipinski definition) is 3. The summed E-state index contributed by atoms with van der Waals surface area (Å²) in [5.74, 6) is -0.253. The van der Waals surface area contributed by atoms with E-state index >= 15 is 0 Å². The van der Waals surface area contributed by atoms with Crippen molar-refractivity contribution in [1.82, 2.24) is 14.3 Å². The van der Waals surface area contributed by atoms with Gasteiger partial charge in [0.25, 0.3) is 12.0 Å². The first-order valence-corrected chi connectivity index (χ1v) is 7.74. The summed E-state index contributed by atoms with van der Waals surface area (Å²) >= 11 is 3.33. The zero-order valence-corrected chi connectivity index (χ0v) is 13.5. The van der Waals surface area contributed by atoms with Gasteiger partial charge in [-0.2, -0.15) is 8.78 Å². The molecular weight excluding hydrogens is 372 g/mol. The van der Waals surface area contributed by atoms with Gasteiger partial charge in [-0.05, 0) is 40.4 Å². The summed E-state index contributed by atoms with van der Waals surface area (Å²) in [7, 11) is 0. The topological polar surface area (TPSA) is 54.7 Å². The van der Waals surface area contributed by atoms with Crippen LogP contribution < -0.4 is 0 Å². The highest BCUT2D eigenvalue weighted by atomic mass is 79.9. The van der Waals surface area contributed by atoms with Crippen LogP contribution in [0.2, 0.25) is 0 Å². The molecule has 3 rings (SSSR count). The lowest BCUT2D eigenvalue weighted by Gasteiger charge is -2.28. The Morgan fingerprint density at radius 3 is 2.61 bits per heavy atom. The third-order valence-corrected chi connectivity index (χ3v) is 4.46. The fraction of sp³-hybridized carbons (Fsp3) is 0.267. The number of aldehydes is 1. The summed E-state index contributed by atoms with van der Waals surface area (Å²) in [6.07, 6.45) is 2.34. The zero-order valence-electron chi connectivity index (χ0n) is 11.9. The molecule has 2 aromatic heterocycles. The predicted molar refractivity (Wildman–Crippen MR) is 82.7 cm³/mol. The molecule has 1 saturated heterocycles. The van der Waals surface area contributed by atoms with E-state index in [0.717, 1.165) is 0 Å². The zero-order chi connectivity index (χ0) is 16.6. The minimum absolute atomic E-state index is 0.114. The van der Waals surface area contributed by atoms with Crippen molar-refractivity contribution in [3.05, 3.63) is 45.8 Å². The molecule has 0 bridgehead atoms. The summed E-state index contributed by atoms with van der Waals surface area (Å²) in [6.45, 7) is 0.511. The predicted octanol–water partition coefficient (Wildman–Crippen LogP) is 3.30. The van der Waals surface area contributed by atoms with Crippen molar-refractivity contribution < 1.29 is 18.4 Å². The minimum atomic E-state index is -1.64. The molecule has 0 spiro atoms. The van der Waals surface area contributed by atoms with Gasteiger partial charge in [-0.15, -0.1) is 0 Å². The number of likely N-dealkylation sites (tertiary alicyclic amines) is 1. The highest BCUT2D eigenvalue weighted by Crippen LogP contribution is 2.25. The molecule has 1 amide bonds. The standard InChI is InChI=1S/C15H12BrF2N3O2/c16-12-5-10(7-21-11(8-22)6-19-14(12)21)15(23)20-3-1-9(2-4-20)13(17)18/h5-8H,1-4H2. The Hall–Kier alpha value is -2.09. The first-order chi connectivity index (χ1) is 11.0. The van der Waals surface area contributed by atoms with Crippen LogP contribution in [0.15, 0.2) is 34.6 Å². The van der Waals surface area contributed by atoms with E-state index in [1.807, 2.05) is 0 Å². The summed E-state index contributed by atoms with van der Waals surface area (Å²) in [4.78, 5) is 29.2. The molecule has 2 aromatic rings. The Bertz CT molecular complexity index is 817. The summed E-state index contributed by atoms with van der Waals surface area (Å²) < 4.78 is 27.3. The second-order valence-electron chi connectivity index (χ2n) is 5.23. The van der Waals surface area contributed by atoms with E-state index in [1.54, 1.807) is 12.3 Å². The van der Waals surface area contributed by atoms with Crippen molar-refractivity contribution >= 4 is 33.8 Å². The van der Waals surface area contributed by atoms with Crippen LogP contribution in [-0.4, -0.2) is 39.6 Å². The number of nitrogens with zero attached hydrogens (tertiary/aromatic N) is 3. The third-order valence-electron chi connectivity index (χ3n) is 3.88. The molecule has 0 aliphatic carbocycles. The summed E-state index contributed by atoms with van der Waals surface area (Å²) in [5.41, 5.74) is 1.35. The number of amides is 1. The van der Waals surface area contributed by atoms with Crippen LogP contribution in [0.4, 0.5) is 8.78 Å². The number of hydrogen-bond donors (Lipinski definition) is 0. The molecule has 3 heterocycles. The van der Waals surface area contributed by atoms with Gasteiger partial charge in [-0.25, -0.2) is 4.98 Å². The van der Waals surface area contributed by atoms with Gasteiger partial charge >= 0.3 is 0 Å². The largest absolute Gasteiger partial charge is 0.338 e. The van der Waals surface area contributed by atoms with Crippen LogP contribution in [0, 0.1) is 0 Å². The van der Waals surface area contributed by atoms with Gasteiger partial charge in [0.1, 0.15) is 5.69 Å². The van der Waals surface area contributed by atoms with E-state index in [4.69, 9.17) is 0 Å². The molecular formula is C15H12BrF2N3O2. The Morgan fingerprint density at radius 1 is 1.30 bits per heavy atom. The molecule has 0 atom stereocenters. The molecule has 0 saturated carbocycles. The number of pyridine rings is 1. The van der Waals surface area contributed by atoms with Gasteiger partial charge in [0.2, 0.25) is 0 Å². The Balaban J connectivity index is 1.90. The first-order valence-electron chi connectivity index (χ1n) is 6.95. The Labute approximate surface area is 138 Å². The van der Waals surface area contributed by atoms with E-state index in [9.17, 15) is 18.4 Å². The van der Waals surface area contributed by atoms with Gasteiger partial charge in [-0.1, -0.05) is 0 Å². The van der Waals surface area contributed by atoms with Crippen LogP contribution in [0.5, 0.6) is 0 Å². The van der Waals surface area contributed by atoms with E-state index in [2.05, 4.69) is 20.9 Å². The van der Waals surface area contributed by atoms with Gasteiger partial charge in [0, 0.05) is 19.3 Å². The second kappa shape index (κ2) is 6.19. The Morgan fingerprint density at radius 2 is 2.00 bits per heavy atom. The average Bonchev–Trinajstić information content (AvgIpc) is 2.97. The second-order valence-corrected chi connectivity index (χ2v) is 6.08. The molecule has 0 unspecified atom stereocenters. The van der Waals surface area contributed by atoms with Gasteiger partial charge in [0.05, 0.1) is 16.2 Å². The van der Waals surface area contributed by atoms with E-state index in [-0.39, 0.29) is 37.4 Å². The van der Waals surface area contributed by atoms with Crippen LogP contribution in [-0.2, 0) is 0 Å². The molecule has 0 N–H and O–H groups in total. The summed E-state index contributed by atoms with van der Waals surface area (Å²) in [6, 6.07) is 1.63. The van der Waals surface area contributed by atoms with Crippen molar-refractivity contribution in [3.8, 4) is 0 Å². The Kier molecular flexibility index (Phi) is 4.25. The van der Waals surface area contributed by atoms with Gasteiger partial charge in [-0.3, -0.25) is 14.0 Å². The molecule has 8 heteroatoms. The number of fused-ring (bicyclic) bond motifs is 1. The van der Waals surface area contributed by atoms with Crippen LogP contribution in [0.25, 0.3) is 5.65 Å². The molecule has 1 aliphatic rings. The highest BCUT2D eigenvalue weighted by molar-refractivity contribution is 9.10. The molecule has 0 aromatic carbocycles. The molecule has 0 radical (unpaired) electrons. The molecule has 5 nitrogen and oxygen atoms in total. The SMILES string of the molecule is O=Cc1cnc2c(Br)cc(C(=O)N3CCC(=C(F)F)CC3)cn12. The van der Waals surface area contributed by atoms with Crippen molar-refractivity contribution in [2.24, 2.45) is 0 Å². The van der Waals surface area contributed by atoms with Gasteiger partial charge in [0.15, 0.2) is 11.9 Å². The number of carbonyl (C=O) groups is 2. The number of halogens is 3. The fourth-order valence-corrected chi connectivity index (χ4v) is 3.16. The molecule has 23 heavy (non-hydrogen) atoms. The maximum atomic E-state index is 12.6. The van der Waals surface area contributed by atoms with Crippen LogP contribution in [0.1, 0.15) is 33.7 Å². The van der Waals surface area contributed by atoms with E-state index in [0.29, 0.717) is 27.7 Å². The number of carbonyl (C=O) groups excluding carboxylic acids is 2. The third kappa shape index (κ3) is 2.90. The highest BCUT2D eigenvalue weighted by Gasteiger charge is 2.23. The molecule has 120 valence electrons. The number of piperidine rings is 1. The normalized spacial score (nSPS) is 15.1. The summed E-state index contributed by atoms with van der Waals surface area (Å²) in [5, 5.41) is 0. The molecule has 1 fully saturated rings. The minimum Gasteiger partial charge on any atom is -0.338 e. The van der Waals surface area contributed by atoms with Crippen molar-refractivity contribution in [2.45, 2.75) is 12.8 Å². The van der Waals surface area contributed by atoms with Crippen molar-refractivity contribution in [2.75, 3.05) is 13.1 Å². The molecule has 1 aliphatic heterocycles. The monoisotopic (exact) mass is 383 g/mol. The number of imidazole rings is 1. The number of aromatic nitrogens is 2. The average molecular weight is 384 g/mol. The smallest absolute Gasteiger partial charge is 0.269 e. The van der Waals surface area contributed by atoms with Crippen molar-refractivity contribution in [1.29, 1.82) is 0 Å². The maximum Gasteiger partial charge on any atom is 0.269 e. The van der Waals surface area contributed by atoms with Crippen molar-refractivity contribution in [3.63, 3.8) is 0 Å². The van der Waals surface area contributed by atoms with Crippen LogP contribution >= 0.6 is 15.9 Å². The quantitative estimate of drug-likeness (QED) is 0.747. The fourth-order valence-electron chi connectivity index (χ4n) is 2.62. The lowest BCUT2D eigenvalue weighted by molar-refractivity contribution is 0.0739. The van der Waals surface area contributed by atoms with Gasteiger partial charge < -0.3 is 4.90 Å². The first kappa shape index (κ1) is 15.8. The lowest BCUT2D eigenvalue weighted by Crippen LogP contribution is -2.36. The maximum absolute atomic E-state index is 12.6. The number of rotatable bonds is 2.